The summed E-state index contributed by atoms with van der Waals surface area (Å²) in [6, 6.07) is 0.813. The molecule has 0 radical (unpaired) electrons. The van der Waals surface area contributed by atoms with Crippen molar-refractivity contribution in [1.29, 1.82) is 0 Å². The zero-order valence-electron chi connectivity index (χ0n) is 38.9. The van der Waals surface area contributed by atoms with Crippen LogP contribution in [0.2, 0.25) is 0 Å². The number of nitrogen functional groups attached to an aromatic ring is 3. The maximum atomic E-state index is 12.0. The minimum Gasteiger partial charge on any atom is -0.383 e. The van der Waals surface area contributed by atoms with E-state index >= 15 is 0 Å². The number of aromatic nitrogens is 10. The summed E-state index contributed by atoms with van der Waals surface area (Å²) in [7, 11) is 0. The second-order valence-electron chi connectivity index (χ2n) is 17.6. The van der Waals surface area contributed by atoms with Crippen LogP contribution in [0.5, 0.6) is 0 Å². The zero-order chi connectivity index (χ0) is 46.4. The highest BCUT2D eigenvalue weighted by atomic mass is 16.2. The molecular formula is C49H89N13O4. The van der Waals surface area contributed by atoms with Crippen molar-refractivity contribution >= 4 is 39.7 Å². The van der Waals surface area contributed by atoms with Gasteiger partial charge in [0.1, 0.15) is 29.3 Å². The number of hydrogen-bond acceptors (Lipinski definition) is 11. The molecule has 6 aromatic rings. The van der Waals surface area contributed by atoms with E-state index < -0.39 is 0 Å². The van der Waals surface area contributed by atoms with Gasteiger partial charge in [0.2, 0.25) is 5.95 Å². The summed E-state index contributed by atoms with van der Waals surface area (Å²) in [5.74, 6) is 2.21. The fourth-order valence-electron chi connectivity index (χ4n) is 6.61. The van der Waals surface area contributed by atoms with Crippen molar-refractivity contribution in [2.45, 2.75) is 196 Å². The lowest BCUT2D eigenvalue weighted by molar-refractivity contribution is 0.552. The Balaban J connectivity index is -0.000000785. The molecule has 6 rings (SSSR count). The van der Waals surface area contributed by atoms with E-state index in [-0.39, 0.29) is 101 Å². The molecule has 0 aliphatic heterocycles. The Kier molecular flexibility index (Phi) is 26.1. The van der Waals surface area contributed by atoms with E-state index in [0.717, 1.165) is 22.2 Å². The molecule has 0 aliphatic carbocycles. The maximum Gasteiger partial charge on any atom is 0.349 e. The number of aromatic amines is 2. The molecule has 0 atom stereocenters. The molecule has 0 saturated carbocycles. The lowest BCUT2D eigenvalue weighted by Crippen LogP contribution is -2.33. The molecule has 66 heavy (non-hydrogen) atoms. The predicted molar refractivity (Wildman–Crippen MR) is 282 cm³/mol. The fraction of sp³-hybridized carbons (Fsp3) is 0.592. The molecule has 17 heteroatoms. The smallest absolute Gasteiger partial charge is 0.349 e. The number of hydrogen-bond donors (Lipinski definition) is 5. The van der Waals surface area contributed by atoms with Gasteiger partial charge in [0.25, 0.3) is 11.1 Å². The molecule has 0 fully saturated rings. The van der Waals surface area contributed by atoms with Gasteiger partial charge < -0.3 is 26.3 Å². The molecule has 0 aromatic carbocycles. The summed E-state index contributed by atoms with van der Waals surface area (Å²) in [4.78, 5) is 67.5. The van der Waals surface area contributed by atoms with Gasteiger partial charge in [-0.15, -0.1) is 0 Å². The lowest BCUT2D eigenvalue weighted by atomic mass is 10.0. The quantitative estimate of drug-likeness (QED) is 0.0960. The Morgan fingerprint density at radius 1 is 0.439 bits per heavy atom. The Morgan fingerprint density at radius 2 is 0.848 bits per heavy atom. The molecule has 8 N–H and O–H groups in total. The summed E-state index contributed by atoms with van der Waals surface area (Å²) in [6.07, 6.45) is 9.13. The first-order chi connectivity index (χ1) is 28.3. The molecule has 0 unspecified atom stereocenters. The first-order valence-electron chi connectivity index (χ1n) is 21.0. The van der Waals surface area contributed by atoms with E-state index in [1.165, 1.54) is 16.5 Å². The number of nitrogens with two attached hydrogens (primary N) is 3. The number of anilines is 3. The lowest BCUT2D eigenvalue weighted by Gasteiger charge is -2.14. The van der Waals surface area contributed by atoms with Crippen molar-refractivity contribution in [3.8, 4) is 0 Å². The van der Waals surface area contributed by atoms with Crippen LogP contribution in [0.3, 0.4) is 0 Å². The number of fused-ring (bicyclic) bond motifs is 2. The van der Waals surface area contributed by atoms with Gasteiger partial charge >= 0.3 is 11.4 Å². The van der Waals surface area contributed by atoms with Crippen molar-refractivity contribution in [2.24, 2.45) is 0 Å². The SMILES string of the molecule is C.C.C.C.C.CC(C)c1cn(C(C)C)c(=O)[nH]c1=O.CC(C)c1cn(C(C)C)c(=O)nc1N.CC(C)c1cn(C(C)C)c2nc(N)[nH]c(=O)c12.CC(C)c1cn(C(C)C)c2ncnc(N)c12. The number of H-pyrrole nitrogens is 2. The van der Waals surface area contributed by atoms with Crippen LogP contribution in [0.1, 0.15) is 218 Å². The Morgan fingerprint density at radius 3 is 1.29 bits per heavy atom. The number of nitrogens with zero attached hydrogens (tertiary/aromatic N) is 8. The van der Waals surface area contributed by atoms with Crippen LogP contribution in [0, 0.1) is 0 Å². The van der Waals surface area contributed by atoms with Gasteiger partial charge in [0, 0.05) is 60.1 Å². The largest absolute Gasteiger partial charge is 0.383 e. The highest BCUT2D eigenvalue weighted by molar-refractivity contribution is 5.90. The third kappa shape index (κ3) is 15.0. The van der Waals surface area contributed by atoms with Crippen molar-refractivity contribution in [1.82, 2.24) is 48.2 Å². The van der Waals surface area contributed by atoms with Gasteiger partial charge in [0.15, 0.2) is 0 Å². The van der Waals surface area contributed by atoms with Crippen LogP contribution in [0.25, 0.3) is 22.1 Å². The predicted octanol–water partition coefficient (Wildman–Crippen LogP) is 10.7. The molecule has 0 spiro atoms. The monoisotopic (exact) mass is 924 g/mol. The standard InChI is InChI=1S/C12H18N4O.C12H18N4.C10H17N3O.C10H16N2O2.5CH4/c1-6(2)8-5-16(7(3)4)10-9(8)11(17)15-12(13)14-10;1-7(2)9-5-16(8(3)4)12-10(9)11(13)14-6-15-12;1-6(2)8-5-13(7(3)4)10(14)12-9(8)11;1-6(2)8-5-12(7(3)4)10(14)11-9(8)13;;;;;/h5-7H,1-4H3,(H3,13,14,15,17);5-8H,1-4H3,(H2,13,14,15);5-7H,1-4H3,(H2,11,12,14);5-7H,1-4H3,(H,11,13,14);5*1H4. The van der Waals surface area contributed by atoms with Gasteiger partial charge in [-0.2, -0.15) is 9.97 Å². The van der Waals surface area contributed by atoms with Crippen molar-refractivity contribution in [3.63, 3.8) is 0 Å². The summed E-state index contributed by atoms with van der Waals surface area (Å²) >= 11 is 0. The van der Waals surface area contributed by atoms with E-state index in [2.05, 4.69) is 96.1 Å². The molecule has 0 saturated heterocycles. The molecule has 0 bridgehead atoms. The van der Waals surface area contributed by atoms with Gasteiger partial charge in [-0.05, 0) is 90.2 Å². The summed E-state index contributed by atoms with van der Waals surface area (Å²) in [5, 5.41) is 1.66. The average molecular weight is 924 g/mol. The molecule has 6 heterocycles. The Labute approximate surface area is 394 Å². The van der Waals surface area contributed by atoms with Crippen LogP contribution < -0.4 is 39.7 Å². The Hall–Kier alpha value is -6.00. The van der Waals surface area contributed by atoms with E-state index in [4.69, 9.17) is 17.2 Å². The van der Waals surface area contributed by atoms with Gasteiger partial charge in [-0.3, -0.25) is 28.7 Å². The molecule has 0 aliphatic rings. The van der Waals surface area contributed by atoms with Crippen molar-refractivity contribution in [2.75, 3.05) is 17.2 Å². The number of rotatable bonds is 8. The van der Waals surface area contributed by atoms with Crippen molar-refractivity contribution < 1.29 is 0 Å². The van der Waals surface area contributed by atoms with Crippen LogP contribution >= 0.6 is 0 Å². The summed E-state index contributed by atoms with van der Waals surface area (Å²) < 4.78 is 7.29. The van der Waals surface area contributed by atoms with E-state index in [0.29, 0.717) is 40.2 Å². The first-order valence-corrected chi connectivity index (χ1v) is 21.0. The van der Waals surface area contributed by atoms with E-state index in [1.54, 1.807) is 17.0 Å². The van der Waals surface area contributed by atoms with Crippen LogP contribution in [-0.4, -0.2) is 48.2 Å². The first kappa shape index (κ1) is 64.3. The molecule has 17 nitrogen and oxygen atoms in total. The Bertz CT molecular complexity index is 2620. The topological polar surface area (TPSA) is 249 Å². The van der Waals surface area contributed by atoms with E-state index in [1.807, 2.05) is 66.2 Å². The number of nitrogens with one attached hydrogen (secondary N) is 2. The van der Waals surface area contributed by atoms with Gasteiger partial charge in [0.05, 0.1) is 10.8 Å². The minimum absolute atomic E-state index is 0. The van der Waals surface area contributed by atoms with Crippen molar-refractivity contribution in [3.05, 3.63) is 95.0 Å². The molecular weight excluding hydrogens is 835 g/mol. The zero-order valence-corrected chi connectivity index (χ0v) is 38.9. The maximum absolute atomic E-state index is 12.0. The molecule has 374 valence electrons. The highest BCUT2D eigenvalue weighted by Gasteiger charge is 2.19. The van der Waals surface area contributed by atoms with Crippen LogP contribution in [0.15, 0.2) is 50.3 Å². The average Bonchev–Trinajstić information content (AvgIpc) is 3.73. The fourth-order valence-corrected chi connectivity index (χ4v) is 6.61. The van der Waals surface area contributed by atoms with Gasteiger partial charge in [-0.1, -0.05) is 92.5 Å². The normalized spacial score (nSPS) is 10.7. The summed E-state index contributed by atoms with van der Waals surface area (Å²) in [5.41, 5.74) is 21.6. The third-order valence-corrected chi connectivity index (χ3v) is 10.1. The second kappa shape index (κ2) is 26.8. The van der Waals surface area contributed by atoms with E-state index in [9.17, 15) is 19.2 Å². The third-order valence-electron chi connectivity index (χ3n) is 10.1. The van der Waals surface area contributed by atoms with Gasteiger partial charge in [-0.25, -0.2) is 19.6 Å². The molecule has 6 aromatic heterocycles. The minimum atomic E-state index is -0.339. The summed E-state index contributed by atoms with van der Waals surface area (Å²) in [6.45, 7) is 32.5. The molecule has 0 amide bonds. The van der Waals surface area contributed by atoms with Crippen LogP contribution in [0.4, 0.5) is 17.6 Å². The second-order valence-corrected chi connectivity index (χ2v) is 17.6. The van der Waals surface area contributed by atoms with Crippen LogP contribution in [-0.2, 0) is 0 Å². The highest BCUT2D eigenvalue weighted by Crippen LogP contribution is 2.31.